The number of nitro groups is 1. The molecular formula is C13H11NO4S. The molecule has 0 saturated carbocycles. The average Bonchev–Trinajstić information content (AvgIpc) is 2.92. The van der Waals surface area contributed by atoms with Crippen molar-refractivity contribution in [1.29, 1.82) is 0 Å². The van der Waals surface area contributed by atoms with Crippen molar-refractivity contribution in [1.82, 2.24) is 0 Å². The van der Waals surface area contributed by atoms with Gasteiger partial charge in [-0.1, -0.05) is 6.07 Å². The van der Waals surface area contributed by atoms with Crippen molar-refractivity contribution in [3.63, 3.8) is 0 Å². The predicted octanol–water partition coefficient (Wildman–Crippen LogP) is 3.57. The number of hydrogen-bond donors (Lipinski definition) is 0. The summed E-state index contributed by atoms with van der Waals surface area (Å²) in [6.07, 6.45) is -0.331. The zero-order chi connectivity index (χ0) is 13.8. The van der Waals surface area contributed by atoms with Gasteiger partial charge < -0.3 is 4.74 Å². The zero-order valence-corrected chi connectivity index (χ0v) is 10.9. The van der Waals surface area contributed by atoms with Crippen LogP contribution >= 0.6 is 11.3 Å². The number of benzene rings is 1. The molecule has 98 valence electrons. The molecule has 2 aromatic rings. The van der Waals surface area contributed by atoms with Gasteiger partial charge in [-0.05, 0) is 30.5 Å². The van der Waals surface area contributed by atoms with E-state index in [0.717, 1.165) is 4.88 Å². The Morgan fingerprint density at radius 2 is 2.00 bits per heavy atom. The lowest BCUT2D eigenvalue weighted by Crippen LogP contribution is -2.08. The Hall–Kier alpha value is -2.21. The maximum atomic E-state index is 11.8. The molecule has 1 heterocycles. The lowest BCUT2D eigenvalue weighted by atomic mass is 10.2. The van der Waals surface area contributed by atoms with Crippen molar-refractivity contribution in [2.24, 2.45) is 0 Å². The van der Waals surface area contributed by atoms with Crippen LogP contribution in [0.25, 0.3) is 0 Å². The molecular weight excluding hydrogens is 266 g/mol. The number of nitro benzene ring substituents is 1. The van der Waals surface area contributed by atoms with E-state index in [2.05, 4.69) is 0 Å². The monoisotopic (exact) mass is 277 g/mol. The second-order valence-electron chi connectivity index (χ2n) is 3.87. The third kappa shape index (κ3) is 3.17. The molecule has 1 unspecified atom stereocenters. The van der Waals surface area contributed by atoms with E-state index in [1.807, 2.05) is 17.5 Å². The number of esters is 1. The number of carbonyl (C=O) groups is 1. The first-order valence-electron chi connectivity index (χ1n) is 5.57. The van der Waals surface area contributed by atoms with Crippen molar-refractivity contribution >= 4 is 23.0 Å². The van der Waals surface area contributed by atoms with Gasteiger partial charge in [0.15, 0.2) is 0 Å². The second-order valence-corrected chi connectivity index (χ2v) is 4.85. The first-order chi connectivity index (χ1) is 9.08. The van der Waals surface area contributed by atoms with Gasteiger partial charge in [0.1, 0.15) is 6.10 Å². The summed E-state index contributed by atoms with van der Waals surface area (Å²) in [7, 11) is 0. The average molecular weight is 277 g/mol. The van der Waals surface area contributed by atoms with Crippen molar-refractivity contribution < 1.29 is 14.5 Å². The second kappa shape index (κ2) is 5.62. The van der Waals surface area contributed by atoms with Gasteiger partial charge in [-0.3, -0.25) is 10.1 Å². The summed E-state index contributed by atoms with van der Waals surface area (Å²) >= 11 is 1.51. The van der Waals surface area contributed by atoms with E-state index in [1.54, 1.807) is 6.92 Å². The Bertz CT molecular complexity index is 577. The van der Waals surface area contributed by atoms with Crippen molar-refractivity contribution in [3.05, 3.63) is 62.3 Å². The lowest BCUT2D eigenvalue weighted by Gasteiger charge is -2.11. The fourth-order valence-corrected chi connectivity index (χ4v) is 2.24. The normalized spacial score (nSPS) is 11.8. The summed E-state index contributed by atoms with van der Waals surface area (Å²) in [5.41, 5.74) is 0.247. The summed E-state index contributed by atoms with van der Waals surface area (Å²) in [4.78, 5) is 22.8. The quantitative estimate of drug-likeness (QED) is 0.486. The zero-order valence-electron chi connectivity index (χ0n) is 10.1. The fourth-order valence-electron chi connectivity index (χ4n) is 1.53. The Morgan fingerprint density at radius 1 is 1.32 bits per heavy atom. The molecule has 0 N–H and O–H groups in total. The van der Waals surface area contributed by atoms with Crippen LogP contribution in [0.4, 0.5) is 5.69 Å². The summed E-state index contributed by atoms with van der Waals surface area (Å²) in [6.45, 7) is 1.79. The molecule has 0 radical (unpaired) electrons. The Morgan fingerprint density at radius 3 is 2.53 bits per heavy atom. The maximum Gasteiger partial charge on any atom is 0.338 e. The molecule has 1 aromatic heterocycles. The standard InChI is InChI=1S/C13H11NO4S/c1-9(12-3-2-8-19-12)18-13(15)10-4-6-11(7-5-10)14(16)17/h2-9H,1H3. The minimum atomic E-state index is -0.511. The van der Waals surface area contributed by atoms with Crippen molar-refractivity contribution in [3.8, 4) is 0 Å². The minimum absolute atomic E-state index is 0.0529. The number of thiophene rings is 1. The predicted molar refractivity (Wildman–Crippen MR) is 71.2 cm³/mol. The number of non-ortho nitro benzene ring substituents is 1. The Balaban J connectivity index is 2.05. The summed E-state index contributed by atoms with van der Waals surface area (Å²) < 4.78 is 5.28. The molecule has 5 nitrogen and oxygen atoms in total. The van der Waals surface area contributed by atoms with E-state index in [4.69, 9.17) is 4.74 Å². The summed E-state index contributed by atoms with van der Waals surface area (Å²) in [5, 5.41) is 12.4. The van der Waals surface area contributed by atoms with E-state index < -0.39 is 10.9 Å². The van der Waals surface area contributed by atoms with Gasteiger partial charge in [0.2, 0.25) is 0 Å². The SMILES string of the molecule is CC(OC(=O)c1ccc([N+](=O)[O-])cc1)c1cccs1. The maximum absolute atomic E-state index is 11.8. The highest BCUT2D eigenvalue weighted by molar-refractivity contribution is 7.10. The molecule has 1 atom stereocenters. The van der Waals surface area contributed by atoms with E-state index in [0.29, 0.717) is 5.56 Å². The Kier molecular flexibility index (Phi) is 3.91. The molecule has 0 saturated heterocycles. The van der Waals surface area contributed by atoms with E-state index in [-0.39, 0.29) is 11.8 Å². The molecule has 0 fully saturated rings. The van der Waals surface area contributed by atoms with Crippen LogP contribution in [0.3, 0.4) is 0 Å². The third-order valence-corrected chi connectivity index (χ3v) is 3.57. The molecule has 0 aliphatic carbocycles. The molecule has 0 spiro atoms. The van der Waals surface area contributed by atoms with E-state index >= 15 is 0 Å². The summed E-state index contributed by atoms with van der Waals surface area (Å²) in [6, 6.07) is 9.12. The number of nitrogens with zero attached hydrogens (tertiary/aromatic N) is 1. The van der Waals surface area contributed by atoms with Crippen LogP contribution in [-0.2, 0) is 4.74 Å². The molecule has 6 heteroatoms. The number of carbonyl (C=O) groups excluding carboxylic acids is 1. The van der Waals surface area contributed by atoms with Gasteiger partial charge in [0.05, 0.1) is 10.5 Å². The Labute approximate surface area is 113 Å². The molecule has 1 aromatic carbocycles. The lowest BCUT2D eigenvalue weighted by molar-refractivity contribution is -0.384. The molecule has 0 aliphatic rings. The number of ether oxygens (including phenoxy) is 1. The fraction of sp³-hybridized carbons (Fsp3) is 0.154. The van der Waals surface area contributed by atoms with Crippen LogP contribution in [0.1, 0.15) is 28.3 Å². The molecule has 0 amide bonds. The highest BCUT2D eigenvalue weighted by atomic mass is 32.1. The number of rotatable bonds is 4. The smallest absolute Gasteiger partial charge is 0.338 e. The topological polar surface area (TPSA) is 69.4 Å². The van der Waals surface area contributed by atoms with Crippen LogP contribution in [0.5, 0.6) is 0 Å². The molecule has 19 heavy (non-hydrogen) atoms. The van der Waals surface area contributed by atoms with Gasteiger partial charge in [0.25, 0.3) is 5.69 Å². The molecule has 0 bridgehead atoms. The van der Waals surface area contributed by atoms with Crippen molar-refractivity contribution in [2.45, 2.75) is 13.0 Å². The highest BCUT2D eigenvalue weighted by Crippen LogP contribution is 2.23. The van der Waals surface area contributed by atoms with Crippen LogP contribution in [0.15, 0.2) is 41.8 Å². The van der Waals surface area contributed by atoms with E-state index in [1.165, 1.54) is 35.6 Å². The van der Waals surface area contributed by atoms with Gasteiger partial charge in [0, 0.05) is 17.0 Å². The van der Waals surface area contributed by atoms with Gasteiger partial charge >= 0.3 is 5.97 Å². The largest absolute Gasteiger partial charge is 0.453 e. The van der Waals surface area contributed by atoms with Crippen LogP contribution in [0.2, 0.25) is 0 Å². The molecule has 2 rings (SSSR count). The minimum Gasteiger partial charge on any atom is -0.453 e. The first-order valence-corrected chi connectivity index (χ1v) is 6.44. The summed E-state index contributed by atoms with van der Waals surface area (Å²) in [5.74, 6) is -0.490. The first kappa shape index (κ1) is 13.2. The van der Waals surface area contributed by atoms with Crippen LogP contribution in [-0.4, -0.2) is 10.9 Å². The third-order valence-electron chi connectivity index (χ3n) is 2.54. The van der Waals surface area contributed by atoms with Gasteiger partial charge in [-0.2, -0.15) is 0 Å². The highest BCUT2D eigenvalue weighted by Gasteiger charge is 2.15. The van der Waals surface area contributed by atoms with Crippen LogP contribution < -0.4 is 0 Å². The van der Waals surface area contributed by atoms with Gasteiger partial charge in [-0.25, -0.2) is 4.79 Å². The van der Waals surface area contributed by atoms with Crippen LogP contribution in [0, 0.1) is 10.1 Å². The van der Waals surface area contributed by atoms with Gasteiger partial charge in [-0.15, -0.1) is 11.3 Å². The van der Waals surface area contributed by atoms with Crippen molar-refractivity contribution in [2.75, 3.05) is 0 Å². The van der Waals surface area contributed by atoms with E-state index in [9.17, 15) is 14.9 Å². The molecule has 0 aliphatic heterocycles. The number of hydrogen-bond acceptors (Lipinski definition) is 5.